The highest BCUT2D eigenvalue weighted by Crippen LogP contribution is 2.28. The van der Waals surface area contributed by atoms with E-state index in [1.165, 1.54) is 0 Å². The van der Waals surface area contributed by atoms with Gasteiger partial charge in [-0.3, -0.25) is 0 Å². The third-order valence-electron chi connectivity index (χ3n) is 2.37. The van der Waals surface area contributed by atoms with E-state index < -0.39 is 0 Å². The van der Waals surface area contributed by atoms with Crippen molar-refractivity contribution >= 4 is 17.3 Å². The number of hydrogen-bond donors (Lipinski definition) is 2. The zero-order valence-corrected chi connectivity index (χ0v) is 10.4. The molecule has 2 N–H and O–H groups in total. The minimum atomic E-state index is 0.638. The van der Waals surface area contributed by atoms with Gasteiger partial charge in [-0.25, -0.2) is 0 Å². The average molecular weight is 251 g/mol. The van der Waals surface area contributed by atoms with Crippen molar-refractivity contribution < 1.29 is 4.74 Å². The second-order valence-corrected chi connectivity index (χ2v) is 4.06. The molecule has 4 heteroatoms. The van der Waals surface area contributed by atoms with Gasteiger partial charge in [-0.1, -0.05) is 11.6 Å². The van der Waals surface area contributed by atoms with Gasteiger partial charge in [0.2, 0.25) is 0 Å². The van der Waals surface area contributed by atoms with Gasteiger partial charge >= 0.3 is 0 Å². The number of hydrogen-bond acceptors (Lipinski definition) is 2. The van der Waals surface area contributed by atoms with Crippen LogP contribution in [-0.2, 0) is 6.54 Å². The minimum Gasteiger partial charge on any atom is -0.492 e. The molecule has 1 heterocycles. The smallest absolute Gasteiger partial charge is 0.142 e. The van der Waals surface area contributed by atoms with E-state index in [1.54, 1.807) is 0 Å². The molecule has 17 heavy (non-hydrogen) atoms. The van der Waals surface area contributed by atoms with Crippen LogP contribution in [0.2, 0.25) is 5.02 Å². The first-order chi connectivity index (χ1) is 8.29. The van der Waals surface area contributed by atoms with Gasteiger partial charge in [0.1, 0.15) is 5.75 Å². The molecule has 1 aromatic heterocycles. The summed E-state index contributed by atoms with van der Waals surface area (Å²) in [5.41, 5.74) is 2.03. The van der Waals surface area contributed by atoms with Crippen molar-refractivity contribution in [2.75, 3.05) is 11.9 Å². The molecule has 0 bridgehead atoms. The monoisotopic (exact) mass is 250 g/mol. The van der Waals surface area contributed by atoms with E-state index >= 15 is 0 Å². The molecule has 0 unspecified atom stereocenters. The molecule has 1 aromatic carbocycles. The summed E-state index contributed by atoms with van der Waals surface area (Å²) in [7, 11) is 0. The van der Waals surface area contributed by atoms with Crippen molar-refractivity contribution in [2.45, 2.75) is 13.5 Å². The van der Waals surface area contributed by atoms with E-state index in [0.29, 0.717) is 18.2 Å². The Hall–Kier alpha value is -1.61. The van der Waals surface area contributed by atoms with Crippen LogP contribution in [0.1, 0.15) is 12.6 Å². The highest BCUT2D eigenvalue weighted by atomic mass is 35.5. The summed E-state index contributed by atoms with van der Waals surface area (Å²) in [5.74, 6) is 0.823. The van der Waals surface area contributed by atoms with Crippen LogP contribution in [0.5, 0.6) is 5.75 Å². The van der Waals surface area contributed by atoms with Gasteiger partial charge in [-0.2, -0.15) is 0 Å². The first-order valence-corrected chi connectivity index (χ1v) is 5.96. The maximum absolute atomic E-state index is 5.97. The Labute approximate surface area is 106 Å². The lowest BCUT2D eigenvalue weighted by Crippen LogP contribution is -2.02. The lowest BCUT2D eigenvalue weighted by Gasteiger charge is -2.12. The number of halogens is 1. The number of anilines is 1. The normalized spacial score (nSPS) is 10.2. The summed E-state index contributed by atoms with van der Waals surface area (Å²) in [6.07, 6.45) is 1.90. The Morgan fingerprint density at radius 3 is 2.94 bits per heavy atom. The van der Waals surface area contributed by atoms with Gasteiger partial charge < -0.3 is 15.0 Å². The van der Waals surface area contributed by atoms with E-state index in [4.69, 9.17) is 16.3 Å². The predicted octanol–water partition coefficient (Wildman–Crippen LogP) is 3.68. The maximum atomic E-state index is 5.97. The fourth-order valence-corrected chi connectivity index (χ4v) is 1.76. The molecule has 0 radical (unpaired) electrons. The van der Waals surface area contributed by atoms with Crippen LogP contribution in [0, 0.1) is 0 Å². The average Bonchev–Trinajstić information content (AvgIpc) is 2.82. The summed E-state index contributed by atoms with van der Waals surface area (Å²) in [4.78, 5) is 3.14. The Morgan fingerprint density at radius 2 is 2.24 bits per heavy atom. The molecule has 0 spiro atoms. The predicted molar refractivity (Wildman–Crippen MR) is 70.7 cm³/mol. The molecule has 0 fully saturated rings. The van der Waals surface area contributed by atoms with Gasteiger partial charge in [0.15, 0.2) is 0 Å². The molecule has 0 amide bonds. The summed E-state index contributed by atoms with van der Waals surface area (Å²) in [6, 6.07) is 9.57. The van der Waals surface area contributed by atoms with Crippen molar-refractivity contribution in [1.82, 2.24) is 4.98 Å². The van der Waals surface area contributed by atoms with Crippen LogP contribution in [0.25, 0.3) is 0 Å². The van der Waals surface area contributed by atoms with Gasteiger partial charge in [0.25, 0.3) is 0 Å². The van der Waals surface area contributed by atoms with Crippen molar-refractivity contribution in [3.8, 4) is 5.75 Å². The van der Waals surface area contributed by atoms with Gasteiger partial charge in [0.05, 0.1) is 18.8 Å². The first kappa shape index (κ1) is 11.9. The fraction of sp³-hybridized carbons (Fsp3) is 0.231. The third-order valence-corrected chi connectivity index (χ3v) is 2.61. The zero-order valence-electron chi connectivity index (χ0n) is 9.66. The van der Waals surface area contributed by atoms with Crippen LogP contribution in [-0.4, -0.2) is 11.6 Å². The second-order valence-electron chi connectivity index (χ2n) is 3.62. The maximum Gasteiger partial charge on any atom is 0.142 e. The summed E-state index contributed by atoms with van der Waals surface area (Å²) in [5, 5.41) is 4.00. The second kappa shape index (κ2) is 5.64. The highest BCUT2D eigenvalue weighted by molar-refractivity contribution is 6.30. The topological polar surface area (TPSA) is 37.0 Å². The third kappa shape index (κ3) is 3.17. The first-order valence-electron chi connectivity index (χ1n) is 5.58. The lowest BCUT2D eigenvalue weighted by atomic mass is 10.3. The summed E-state index contributed by atoms with van der Waals surface area (Å²) < 4.78 is 5.53. The highest BCUT2D eigenvalue weighted by Gasteiger charge is 2.04. The van der Waals surface area contributed by atoms with E-state index in [0.717, 1.165) is 17.1 Å². The SMILES string of the molecule is CCOc1ccc(Cl)cc1NCc1ccc[nH]1. The molecule has 0 aliphatic carbocycles. The van der Waals surface area contributed by atoms with Crippen molar-refractivity contribution in [1.29, 1.82) is 0 Å². The molecular weight excluding hydrogens is 236 g/mol. The van der Waals surface area contributed by atoms with E-state index in [1.807, 2.05) is 43.5 Å². The molecule has 2 aromatic rings. The van der Waals surface area contributed by atoms with E-state index in [2.05, 4.69) is 10.3 Å². The number of aromatic nitrogens is 1. The number of ether oxygens (including phenoxy) is 1. The standard InChI is InChI=1S/C13H15ClN2O/c1-2-17-13-6-5-10(14)8-12(13)16-9-11-4-3-7-15-11/h3-8,15-16H,2,9H2,1H3. The number of nitrogens with one attached hydrogen (secondary N) is 2. The molecule has 0 atom stereocenters. The van der Waals surface area contributed by atoms with Gasteiger partial charge in [-0.15, -0.1) is 0 Å². The van der Waals surface area contributed by atoms with Crippen LogP contribution < -0.4 is 10.1 Å². The molecular formula is C13H15ClN2O. The van der Waals surface area contributed by atoms with Crippen LogP contribution >= 0.6 is 11.6 Å². The zero-order chi connectivity index (χ0) is 12.1. The van der Waals surface area contributed by atoms with Crippen molar-refractivity contribution in [3.63, 3.8) is 0 Å². The minimum absolute atomic E-state index is 0.638. The van der Waals surface area contributed by atoms with Gasteiger partial charge in [-0.05, 0) is 37.3 Å². The molecule has 0 aliphatic rings. The Morgan fingerprint density at radius 1 is 1.35 bits per heavy atom. The quantitative estimate of drug-likeness (QED) is 0.849. The van der Waals surface area contributed by atoms with Crippen LogP contribution in [0.15, 0.2) is 36.5 Å². The molecule has 90 valence electrons. The van der Waals surface area contributed by atoms with E-state index in [-0.39, 0.29) is 0 Å². The number of H-pyrrole nitrogens is 1. The van der Waals surface area contributed by atoms with Crippen LogP contribution in [0.4, 0.5) is 5.69 Å². The summed E-state index contributed by atoms with van der Waals surface area (Å²) in [6.45, 7) is 3.32. The van der Waals surface area contributed by atoms with Crippen LogP contribution in [0.3, 0.4) is 0 Å². The molecule has 2 rings (SSSR count). The number of aromatic amines is 1. The molecule has 0 saturated carbocycles. The fourth-order valence-electron chi connectivity index (χ4n) is 1.59. The van der Waals surface area contributed by atoms with Gasteiger partial charge in [0, 0.05) is 16.9 Å². The number of rotatable bonds is 5. The van der Waals surface area contributed by atoms with Crippen molar-refractivity contribution in [2.24, 2.45) is 0 Å². The Kier molecular flexibility index (Phi) is 3.94. The number of benzene rings is 1. The molecule has 3 nitrogen and oxygen atoms in total. The molecule has 0 aliphatic heterocycles. The largest absolute Gasteiger partial charge is 0.492 e. The Bertz CT molecular complexity index is 468. The lowest BCUT2D eigenvalue weighted by molar-refractivity contribution is 0.341. The Balaban J connectivity index is 2.10. The van der Waals surface area contributed by atoms with E-state index in [9.17, 15) is 0 Å². The molecule has 0 saturated heterocycles. The van der Waals surface area contributed by atoms with Crippen molar-refractivity contribution in [3.05, 3.63) is 47.2 Å². The summed E-state index contributed by atoms with van der Waals surface area (Å²) >= 11 is 5.97.